The van der Waals surface area contributed by atoms with Gasteiger partial charge >= 0.3 is 0 Å². The summed E-state index contributed by atoms with van der Waals surface area (Å²) in [4.78, 5) is 14.9. The molecule has 1 saturated heterocycles. The minimum absolute atomic E-state index is 0.0154. The van der Waals surface area contributed by atoms with Crippen molar-refractivity contribution in [2.75, 3.05) is 23.4 Å². The first kappa shape index (κ1) is 19.5. The van der Waals surface area contributed by atoms with Crippen molar-refractivity contribution in [3.63, 3.8) is 0 Å². The summed E-state index contributed by atoms with van der Waals surface area (Å²) in [5.74, 6) is 0.277. The predicted molar refractivity (Wildman–Crippen MR) is 105 cm³/mol. The Morgan fingerprint density at radius 1 is 1.19 bits per heavy atom. The smallest absolute Gasteiger partial charge is 0.242 e. The lowest BCUT2D eigenvalue weighted by atomic mass is 9.93. The van der Waals surface area contributed by atoms with Crippen LogP contribution in [0, 0.1) is 6.92 Å². The van der Waals surface area contributed by atoms with Crippen LogP contribution < -0.4 is 5.32 Å². The summed E-state index contributed by atoms with van der Waals surface area (Å²) in [5, 5.41) is 3.81. The molecular formula is C19H27ClN2O3S. The van der Waals surface area contributed by atoms with E-state index >= 15 is 0 Å². The van der Waals surface area contributed by atoms with Crippen molar-refractivity contribution < 1.29 is 13.2 Å². The average molecular weight is 399 g/mol. The molecule has 0 radical (unpaired) electrons. The molecule has 1 atom stereocenters. The largest absolute Gasteiger partial charge is 0.376 e. The van der Waals surface area contributed by atoms with Crippen molar-refractivity contribution in [1.82, 2.24) is 4.90 Å². The zero-order chi connectivity index (χ0) is 18.7. The number of hydrogen-bond donors (Lipinski definition) is 1. The molecule has 1 aromatic rings. The van der Waals surface area contributed by atoms with Crippen molar-refractivity contribution in [3.8, 4) is 0 Å². The molecule has 1 amide bonds. The Balaban J connectivity index is 1.73. The van der Waals surface area contributed by atoms with Crippen LogP contribution in [0.1, 0.15) is 44.1 Å². The Morgan fingerprint density at radius 2 is 1.92 bits per heavy atom. The van der Waals surface area contributed by atoms with E-state index in [4.69, 9.17) is 11.6 Å². The third kappa shape index (κ3) is 4.71. The SMILES string of the molecule is Cc1ccc(Cl)cc1NCC(=O)N(C1CCCCC1)C1CCS(=O)(=O)C1. The molecule has 0 aromatic heterocycles. The number of nitrogens with one attached hydrogen (secondary N) is 1. The van der Waals surface area contributed by atoms with Gasteiger partial charge in [0.15, 0.2) is 9.84 Å². The standard InChI is InChI=1S/C19H27ClN2O3S/c1-14-7-8-15(20)11-18(14)21-12-19(23)22(16-5-3-2-4-6-16)17-9-10-26(24,25)13-17/h7-8,11,16-17,21H,2-6,9-10,12-13H2,1H3. The number of sulfone groups is 1. The molecule has 1 N–H and O–H groups in total. The molecule has 26 heavy (non-hydrogen) atoms. The number of hydrogen-bond acceptors (Lipinski definition) is 4. The molecule has 1 heterocycles. The minimum Gasteiger partial charge on any atom is -0.376 e. The first-order valence-electron chi connectivity index (χ1n) is 9.37. The lowest BCUT2D eigenvalue weighted by Crippen LogP contribution is -2.50. The van der Waals surface area contributed by atoms with E-state index < -0.39 is 9.84 Å². The van der Waals surface area contributed by atoms with E-state index in [9.17, 15) is 13.2 Å². The molecule has 1 aliphatic carbocycles. The Morgan fingerprint density at radius 3 is 2.58 bits per heavy atom. The highest BCUT2D eigenvalue weighted by Crippen LogP contribution is 2.28. The molecule has 2 fully saturated rings. The van der Waals surface area contributed by atoms with Crippen LogP contribution in [-0.2, 0) is 14.6 Å². The van der Waals surface area contributed by atoms with Crippen molar-refractivity contribution in [1.29, 1.82) is 0 Å². The van der Waals surface area contributed by atoms with E-state index in [-0.39, 0.29) is 36.0 Å². The lowest BCUT2D eigenvalue weighted by molar-refractivity contribution is -0.134. The van der Waals surface area contributed by atoms with Crippen molar-refractivity contribution in [2.24, 2.45) is 0 Å². The second-order valence-electron chi connectivity index (χ2n) is 7.46. The number of amides is 1. The summed E-state index contributed by atoms with van der Waals surface area (Å²) >= 11 is 6.05. The maximum atomic E-state index is 13.0. The van der Waals surface area contributed by atoms with Gasteiger partial charge in [-0.15, -0.1) is 0 Å². The van der Waals surface area contributed by atoms with E-state index in [1.165, 1.54) is 6.42 Å². The zero-order valence-electron chi connectivity index (χ0n) is 15.2. The number of aryl methyl sites for hydroxylation is 1. The van der Waals surface area contributed by atoms with Gasteiger partial charge in [0.05, 0.1) is 18.1 Å². The molecule has 3 rings (SSSR count). The predicted octanol–water partition coefficient (Wildman–Crippen LogP) is 3.41. The highest BCUT2D eigenvalue weighted by Gasteiger charge is 2.38. The molecule has 2 aliphatic rings. The maximum absolute atomic E-state index is 13.0. The monoisotopic (exact) mass is 398 g/mol. The third-order valence-corrected chi connectivity index (χ3v) is 7.47. The van der Waals surface area contributed by atoms with Gasteiger partial charge in [0.1, 0.15) is 0 Å². The summed E-state index contributed by atoms with van der Waals surface area (Å²) in [6.07, 6.45) is 5.91. The molecule has 0 bridgehead atoms. The van der Waals surface area contributed by atoms with Gasteiger partial charge in [0.25, 0.3) is 0 Å². The highest BCUT2D eigenvalue weighted by atomic mass is 35.5. The maximum Gasteiger partial charge on any atom is 0.242 e. The number of halogens is 1. The van der Waals surface area contributed by atoms with Crippen molar-refractivity contribution in [2.45, 2.75) is 57.5 Å². The summed E-state index contributed by atoms with van der Waals surface area (Å²) < 4.78 is 23.9. The summed E-state index contributed by atoms with van der Waals surface area (Å²) in [5.41, 5.74) is 1.86. The van der Waals surface area contributed by atoms with Gasteiger partial charge in [-0.05, 0) is 43.9 Å². The van der Waals surface area contributed by atoms with Gasteiger partial charge in [-0.1, -0.05) is 36.9 Å². The van der Waals surface area contributed by atoms with Crippen LogP contribution in [0.15, 0.2) is 18.2 Å². The Kier molecular flexibility index (Phi) is 6.13. The number of rotatable bonds is 5. The molecule has 5 nitrogen and oxygen atoms in total. The number of anilines is 1. The van der Waals surface area contributed by atoms with Gasteiger partial charge in [-0.2, -0.15) is 0 Å². The molecular weight excluding hydrogens is 372 g/mol. The second-order valence-corrected chi connectivity index (χ2v) is 10.1. The van der Waals surface area contributed by atoms with E-state index in [2.05, 4.69) is 5.32 Å². The molecule has 1 unspecified atom stereocenters. The van der Waals surface area contributed by atoms with Crippen LogP contribution in [0.4, 0.5) is 5.69 Å². The second kappa shape index (κ2) is 8.17. The van der Waals surface area contributed by atoms with Crippen LogP contribution >= 0.6 is 11.6 Å². The third-order valence-electron chi connectivity index (χ3n) is 5.49. The van der Waals surface area contributed by atoms with Gasteiger partial charge in [0.2, 0.25) is 5.91 Å². The Hall–Kier alpha value is -1.27. The fourth-order valence-electron chi connectivity index (χ4n) is 4.11. The Bertz CT molecular complexity index is 760. The first-order chi connectivity index (χ1) is 12.4. The van der Waals surface area contributed by atoms with Crippen LogP contribution in [0.5, 0.6) is 0 Å². The van der Waals surface area contributed by atoms with Crippen molar-refractivity contribution in [3.05, 3.63) is 28.8 Å². The van der Waals surface area contributed by atoms with Crippen LogP contribution in [0.2, 0.25) is 5.02 Å². The lowest BCUT2D eigenvalue weighted by Gasteiger charge is -2.38. The zero-order valence-corrected chi connectivity index (χ0v) is 16.8. The molecule has 1 aromatic carbocycles. The number of carbonyl (C=O) groups is 1. The summed E-state index contributed by atoms with van der Waals surface area (Å²) in [6.45, 7) is 2.12. The summed E-state index contributed by atoms with van der Waals surface area (Å²) in [7, 11) is -3.02. The van der Waals surface area contributed by atoms with E-state index in [1.54, 1.807) is 0 Å². The van der Waals surface area contributed by atoms with Crippen molar-refractivity contribution >= 4 is 33.0 Å². The number of nitrogens with zero attached hydrogens (tertiary/aromatic N) is 1. The van der Waals surface area contributed by atoms with Gasteiger partial charge < -0.3 is 10.2 Å². The molecule has 0 spiro atoms. The Labute approximate surface area is 161 Å². The van der Waals surface area contributed by atoms with Gasteiger partial charge in [0, 0.05) is 22.8 Å². The molecule has 144 valence electrons. The summed E-state index contributed by atoms with van der Waals surface area (Å²) in [6, 6.07) is 5.53. The van der Waals surface area contributed by atoms with E-state index in [1.807, 2.05) is 30.0 Å². The normalized spacial score (nSPS) is 22.9. The topological polar surface area (TPSA) is 66.5 Å². The van der Waals surface area contributed by atoms with Gasteiger partial charge in [-0.3, -0.25) is 4.79 Å². The average Bonchev–Trinajstić information content (AvgIpc) is 2.96. The van der Waals surface area contributed by atoms with Crippen LogP contribution in [-0.4, -0.2) is 49.4 Å². The first-order valence-corrected chi connectivity index (χ1v) is 11.6. The highest BCUT2D eigenvalue weighted by molar-refractivity contribution is 7.91. The fourth-order valence-corrected chi connectivity index (χ4v) is 5.99. The number of carbonyl (C=O) groups excluding carboxylic acids is 1. The van der Waals surface area contributed by atoms with Crippen LogP contribution in [0.25, 0.3) is 0 Å². The molecule has 7 heteroatoms. The molecule has 1 aliphatic heterocycles. The molecule has 1 saturated carbocycles. The van der Waals surface area contributed by atoms with E-state index in [0.717, 1.165) is 36.9 Å². The van der Waals surface area contributed by atoms with E-state index in [0.29, 0.717) is 11.4 Å². The fraction of sp³-hybridized carbons (Fsp3) is 0.632. The van der Waals surface area contributed by atoms with Gasteiger partial charge in [-0.25, -0.2) is 8.42 Å². The van der Waals surface area contributed by atoms with Crippen LogP contribution in [0.3, 0.4) is 0 Å². The minimum atomic E-state index is -3.02. The quantitative estimate of drug-likeness (QED) is 0.825. The number of benzene rings is 1.